The third-order valence-corrected chi connectivity index (χ3v) is 4.58. The van der Waals surface area contributed by atoms with Crippen molar-refractivity contribution >= 4 is 22.5 Å². The third-order valence-electron chi connectivity index (χ3n) is 4.34. The molecular formula is C21H24ClN3O2. The van der Waals surface area contributed by atoms with Crippen LogP contribution in [0.5, 0.6) is 0 Å². The number of ether oxygens (including phenoxy) is 1. The Kier molecular flexibility index (Phi) is 6.98. The number of pyridine rings is 2. The molecule has 3 rings (SSSR count). The van der Waals surface area contributed by atoms with E-state index in [0.717, 1.165) is 48.3 Å². The van der Waals surface area contributed by atoms with Crippen molar-refractivity contribution in [2.45, 2.75) is 26.4 Å². The summed E-state index contributed by atoms with van der Waals surface area (Å²) in [5, 5.41) is 4.93. The topological polar surface area (TPSA) is 56.1 Å². The molecule has 6 heteroatoms. The predicted octanol–water partition coefficient (Wildman–Crippen LogP) is 3.61. The molecule has 142 valence electrons. The number of benzene rings is 1. The smallest absolute Gasteiger partial charge is 0.255 e. The Morgan fingerprint density at radius 1 is 1.22 bits per heavy atom. The van der Waals surface area contributed by atoms with E-state index in [1.807, 2.05) is 49.4 Å². The first kappa shape index (κ1) is 19.5. The highest BCUT2D eigenvalue weighted by Crippen LogP contribution is 2.20. The SMILES string of the molecule is CCOCCCNCc1cc2ccc(Cl)cc2n(Cc2ccccn2)c1=O. The molecule has 27 heavy (non-hydrogen) atoms. The van der Waals surface area contributed by atoms with Crippen LogP contribution in [0.15, 0.2) is 53.5 Å². The zero-order chi connectivity index (χ0) is 19.1. The maximum absolute atomic E-state index is 13.1. The van der Waals surface area contributed by atoms with Crippen molar-refractivity contribution in [2.75, 3.05) is 19.8 Å². The van der Waals surface area contributed by atoms with E-state index in [-0.39, 0.29) is 5.56 Å². The van der Waals surface area contributed by atoms with Crippen molar-refractivity contribution < 1.29 is 4.74 Å². The van der Waals surface area contributed by atoms with Gasteiger partial charge in [-0.15, -0.1) is 0 Å². The Labute approximate surface area is 164 Å². The van der Waals surface area contributed by atoms with Crippen LogP contribution in [-0.4, -0.2) is 29.3 Å². The summed E-state index contributed by atoms with van der Waals surface area (Å²) in [7, 11) is 0. The molecule has 0 bridgehead atoms. The summed E-state index contributed by atoms with van der Waals surface area (Å²) in [6, 6.07) is 13.3. The largest absolute Gasteiger partial charge is 0.382 e. The Bertz CT molecular complexity index is 941. The lowest BCUT2D eigenvalue weighted by molar-refractivity contribution is 0.144. The number of hydrogen-bond acceptors (Lipinski definition) is 4. The molecule has 0 aliphatic heterocycles. The zero-order valence-electron chi connectivity index (χ0n) is 15.5. The van der Waals surface area contributed by atoms with Gasteiger partial charge in [-0.05, 0) is 55.6 Å². The van der Waals surface area contributed by atoms with Gasteiger partial charge in [-0.25, -0.2) is 0 Å². The number of hydrogen-bond donors (Lipinski definition) is 1. The third kappa shape index (κ3) is 5.16. The van der Waals surface area contributed by atoms with E-state index >= 15 is 0 Å². The van der Waals surface area contributed by atoms with E-state index in [1.54, 1.807) is 10.8 Å². The lowest BCUT2D eigenvalue weighted by atomic mass is 10.1. The fraction of sp³-hybridized carbons (Fsp3) is 0.333. The molecular weight excluding hydrogens is 362 g/mol. The second-order valence-electron chi connectivity index (χ2n) is 6.31. The fourth-order valence-corrected chi connectivity index (χ4v) is 3.18. The molecule has 0 amide bonds. The predicted molar refractivity (Wildman–Crippen MR) is 109 cm³/mol. The molecule has 2 aromatic heterocycles. The molecule has 0 saturated heterocycles. The molecule has 1 aromatic carbocycles. The fourth-order valence-electron chi connectivity index (χ4n) is 3.01. The summed E-state index contributed by atoms with van der Waals surface area (Å²) in [6.07, 6.45) is 2.65. The van der Waals surface area contributed by atoms with Crippen LogP contribution in [0.2, 0.25) is 5.02 Å². The minimum Gasteiger partial charge on any atom is -0.382 e. The first-order valence-corrected chi connectivity index (χ1v) is 9.57. The van der Waals surface area contributed by atoms with Crippen LogP contribution in [-0.2, 0) is 17.8 Å². The number of nitrogens with zero attached hydrogens (tertiary/aromatic N) is 2. The molecule has 0 aliphatic carbocycles. The van der Waals surface area contributed by atoms with Gasteiger partial charge in [0.15, 0.2) is 0 Å². The molecule has 0 fully saturated rings. The second-order valence-corrected chi connectivity index (χ2v) is 6.75. The summed E-state index contributed by atoms with van der Waals surface area (Å²) < 4.78 is 7.09. The van der Waals surface area contributed by atoms with Crippen LogP contribution in [0, 0.1) is 0 Å². The van der Waals surface area contributed by atoms with Gasteiger partial charge in [0.2, 0.25) is 0 Å². The number of rotatable bonds is 9. The van der Waals surface area contributed by atoms with Gasteiger partial charge < -0.3 is 14.6 Å². The number of aromatic nitrogens is 2. The summed E-state index contributed by atoms with van der Waals surface area (Å²) in [4.78, 5) is 17.4. The molecule has 0 radical (unpaired) electrons. The van der Waals surface area contributed by atoms with E-state index in [1.165, 1.54) is 0 Å². The Hall–Kier alpha value is -2.21. The van der Waals surface area contributed by atoms with Gasteiger partial charge in [0, 0.05) is 36.5 Å². The van der Waals surface area contributed by atoms with Crippen molar-refractivity contribution in [1.29, 1.82) is 0 Å². The Morgan fingerprint density at radius 2 is 2.11 bits per heavy atom. The number of nitrogens with one attached hydrogen (secondary N) is 1. The molecule has 3 aromatic rings. The highest BCUT2D eigenvalue weighted by Gasteiger charge is 2.11. The van der Waals surface area contributed by atoms with Crippen molar-refractivity contribution in [3.8, 4) is 0 Å². The highest BCUT2D eigenvalue weighted by atomic mass is 35.5. The zero-order valence-corrected chi connectivity index (χ0v) is 16.2. The summed E-state index contributed by atoms with van der Waals surface area (Å²) in [5.74, 6) is 0. The second kappa shape index (κ2) is 9.65. The van der Waals surface area contributed by atoms with Crippen molar-refractivity contribution in [1.82, 2.24) is 14.9 Å². The monoisotopic (exact) mass is 385 g/mol. The minimum absolute atomic E-state index is 0.0206. The standard InChI is InChI=1S/C21H24ClN3O2/c1-2-27-11-5-9-23-14-17-12-16-7-8-18(22)13-20(16)25(21(17)26)15-19-6-3-4-10-24-19/h3-4,6-8,10,12-13,23H,2,5,9,11,14-15H2,1H3. The highest BCUT2D eigenvalue weighted by molar-refractivity contribution is 6.31. The minimum atomic E-state index is -0.0206. The van der Waals surface area contributed by atoms with Crippen LogP contribution in [0.1, 0.15) is 24.6 Å². The van der Waals surface area contributed by atoms with Gasteiger partial charge in [0.05, 0.1) is 17.8 Å². The van der Waals surface area contributed by atoms with Crippen molar-refractivity contribution in [2.24, 2.45) is 0 Å². The van der Waals surface area contributed by atoms with Crippen LogP contribution >= 0.6 is 11.6 Å². The van der Waals surface area contributed by atoms with Gasteiger partial charge in [-0.3, -0.25) is 9.78 Å². The summed E-state index contributed by atoms with van der Waals surface area (Å²) in [6.45, 7) is 5.17. The molecule has 0 saturated carbocycles. The lowest BCUT2D eigenvalue weighted by Gasteiger charge is -2.14. The number of fused-ring (bicyclic) bond motifs is 1. The van der Waals surface area contributed by atoms with Crippen molar-refractivity contribution in [3.63, 3.8) is 0 Å². The molecule has 0 atom stereocenters. The molecule has 0 unspecified atom stereocenters. The van der Waals surface area contributed by atoms with Crippen LogP contribution < -0.4 is 10.9 Å². The van der Waals surface area contributed by atoms with E-state index in [9.17, 15) is 4.79 Å². The van der Waals surface area contributed by atoms with Crippen LogP contribution in [0.4, 0.5) is 0 Å². The first-order valence-electron chi connectivity index (χ1n) is 9.19. The van der Waals surface area contributed by atoms with Gasteiger partial charge in [0.1, 0.15) is 0 Å². The maximum atomic E-state index is 13.1. The molecule has 2 heterocycles. The number of halogens is 1. The van der Waals surface area contributed by atoms with E-state index in [0.29, 0.717) is 18.1 Å². The van der Waals surface area contributed by atoms with E-state index in [4.69, 9.17) is 16.3 Å². The van der Waals surface area contributed by atoms with Gasteiger partial charge in [-0.1, -0.05) is 23.7 Å². The molecule has 0 spiro atoms. The molecule has 5 nitrogen and oxygen atoms in total. The summed E-state index contributed by atoms with van der Waals surface area (Å²) >= 11 is 6.17. The normalized spacial score (nSPS) is 11.2. The average molecular weight is 386 g/mol. The van der Waals surface area contributed by atoms with Crippen LogP contribution in [0.3, 0.4) is 0 Å². The van der Waals surface area contributed by atoms with Crippen molar-refractivity contribution in [3.05, 3.63) is 75.3 Å². The first-order chi connectivity index (χ1) is 13.2. The van der Waals surface area contributed by atoms with Crippen LogP contribution in [0.25, 0.3) is 10.9 Å². The molecule has 1 N–H and O–H groups in total. The van der Waals surface area contributed by atoms with Gasteiger partial charge >= 0.3 is 0 Å². The Morgan fingerprint density at radius 3 is 2.89 bits per heavy atom. The van der Waals surface area contributed by atoms with Gasteiger partial charge in [-0.2, -0.15) is 0 Å². The average Bonchev–Trinajstić information content (AvgIpc) is 2.68. The summed E-state index contributed by atoms with van der Waals surface area (Å²) in [5.41, 5.74) is 2.37. The lowest BCUT2D eigenvalue weighted by Crippen LogP contribution is -2.28. The maximum Gasteiger partial charge on any atom is 0.255 e. The Balaban J connectivity index is 1.87. The quantitative estimate of drug-likeness (QED) is 0.571. The molecule has 0 aliphatic rings. The van der Waals surface area contributed by atoms with Gasteiger partial charge in [0.25, 0.3) is 5.56 Å². The van der Waals surface area contributed by atoms with E-state index in [2.05, 4.69) is 10.3 Å². The van der Waals surface area contributed by atoms with E-state index < -0.39 is 0 Å².